The smallest absolute Gasteiger partial charge is 0.228 e. The Bertz CT molecular complexity index is 668. The van der Waals surface area contributed by atoms with Crippen molar-refractivity contribution in [2.75, 3.05) is 0 Å². The van der Waals surface area contributed by atoms with Gasteiger partial charge in [0.25, 0.3) is 0 Å². The molecule has 0 spiro atoms. The van der Waals surface area contributed by atoms with Crippen LogP contribution in [0.2, 0.25) is 5.02 Å². The molecule has 6 heteroatoms. The molecule has 0 fully saturated rings. The van der Waals surface area contributed by atoms with Crippen LogP contribution in [0.4, 0.5) is 0 Å². The quantitative estimate of drug-likeness (QED) is 0.674. The van der Waals surface area contributed by atoms with Gasteiger partial charge >= 0.3 is 0 Å². The highest BCUT2D eigenvalue weighted by Gasteiger charge is 2.19. The Morgan fingerprint density at radius 1 is 1.30 bits per heavy atom. The molecule has 2 aromatic rings. The monoisotopic (exact) mass is 292 g/mol. The summed E-state index contributed by atoms with van der Waals surface area (Å²) in [5.74, 6) is 1.11. The second kappa shape index (κ2) is 5.17. The molecule has 20 heavy (non-hydrogen) atoms. The lowest BCUT2D eigenvalue weighted by Crippen LogP contribution is -2.13. The molecule has 0 saturated heterocycles. The van der Waals surface area contributed by atoms with E-state index in [2.05, 4.69) is 5.10 Å². The summed E-state index contributed by atoms with van der Waals surface area (Å²) in [6.45, 7) is 5.64. The zero-order chi connectivity index (χ0) is 15.0. The Labute approximate surface area is 122 Å². The number of aromatic nitrogens is 2. The van der Waals surface area contributed by atoms with Gasteiger partial charge in [-0.05, 0) is 44.0 Å². The molecule has 0 bridgehead atoms. The first-order valence-corrected chi connectivity index (χ1v) is 6.51. The molecule has 0 radical (unpaired) electrons. The molecule has 1 aromatic carbocycles. The van der Waals surface area contributed by atoms with Crippen molar-refractivity contribution < 1.29 is 4.74 Å². The number of amidine groups is 1. The van der Waals surface area contributed by atoms with Crippen molar-refractivity contribution in [1.82, 2.24) is 9.78 Å². The Morgan fingerprint density at radius 2 is 1.85 bits per heavy atom. The van der Waals surface area contributed by atoms with E-state index in [1.807, 2.05) is 26.0 Å². The van der Waals surface area contributed by atoms with Crippen LogP contribution >= 0.6 is 11.6 Å². The summed E-state index contributed by atoms with van der Waals surface area (Å²) >= 11 is 6.02. The first-order chi connectivity index (χ1) is 9.31. The molecule has 0 atom stereocenters. The minimum absolute atomic E-state index is 0.0603. The summed E-state index contributed by atoms with van der Waals surface area (Å²) in [6, 6.07) is 3.67. The van der Waals surface area contributed by atoms with E-state index in [1.54, 1.807) is 18.7 Å². The molecule has 1 aromatic heterocycles. The van der Waals surface area contributed by atoms with Crippen LogP contribution in [0, 0.1) is 26.2 Å². The fraction of sp³-hybridized carbons (Fsp3) is 0.286. The number of hydrogen-bond donors (Lipinski definition) is 2. The topological polar surface area (TPSA) is 76.9 Å². The lowest BCUT2D eigenvalue weighted by Gasteiger charge is -2.13. The van der Waals surface area contributed by atoms with Crippen molar-refractivity contribution in [3.8, 4) is 11.6 Å². The van der Waals surface area contributed by atoms with E-state index in [4.69, 9.17) is 27.5 Å². The average Bonchev–Trinajstić information content (AvgIpc) is 2.58. The van der Waals surface area contributed by atoms with E-state index in [9.17, 15) is 0 Å². The van der Waals surface area contributed by atoms with Crippen LogP contribution in [-0.4, -0.2) is 15.6 Å². The molecule has 0 unspecified atom stereocenters. The number of nitrogens with two attached hydrogens (primary N) is 1. The molecule has 0 saturated carbocycles. The Kier molecular flexibility index (Phi) is 3.72. The fourth-order valence-corrected chi connectivity index (χ4v) is 2.55. The largest absolute Gasteiger partial charge is 0.438 e. The summed E-state index contributed by atoms with van der Waals surface area (Å²) in [5, 5.41) is 12.6. The summed E-state index contributed by atoms with van der Waals surface area (Å²) in [6.07, 6.45) is 0. The molecule has 0 amide bonds. The van der Waals surface area contributed by atoms with Crippen molar-refractivity contribution in [2.45, 2.75) is 20.8 Å². The maximum Gasteiger partial charge on any atom is 0.228 e. The van der Waals surface area contributed by atoms with Gasteiger partial charge in [0.15, 0.2) is 0 Å². The van der Waals surface area contributed by atoms with E-state index in [0.717, 1.165) is 11.1 Å². The number of aryl methyl sites for hydroxylation is 4. The standard InChI is InChI=1S/C14H17ClN4O/c1-7-5-10(15)6-8(2)12(7)20-14-11(13(16)17)9(3)18-19(14)4/h5-6H,1-4H3,(H3,16,17). The molecular formula is C14H17ClN4O. The zero-order valence-corrected chi connectivity index (χ0v) is 12.7. The van der Waals surface area contributed by atoms with Crippen LogP contribution in [0.1, 0.15) is 22.4 Å². The van der Waals surface area contributed by atoms with Crippen LogP contribution in [0.15, 0.2) is 12.1 Å². The number of ether oxygens (including phenoxy) is 1. The number of benzene rings is 1. The number of nitrogens with one attached hydrogen (secondary N) is 1. The first kappa shape index (κ1) is 14.4. The normalized spacial score (nSPS) is 10.7. The third kappa shape index (κ3) is 2.49. The summed E-state index contributed by atoms with van der Waals surface area (Å²) in [5.41, 5.74) is 8.63. The molecule has 0 aliphatic rings. The van der Waals surface area contributed by atoms with Crippen LogP contribution in [-0.2, 0) is 7.05 Å². The number of nitrogens with zero attached hydrogens (tertiary/aromatic N) is 2. The lowest BCUT2D eigenvalue weighted by atomic mass is 10.1. The van der Waals surface area contributed by atoms with Gasteiger partial charge in [0, 0.05) is 12.1 Å². The van der Waals surface area contributed by atoms with Crippen molar-refractivity contribution in [3.63, 3.8) is 0 Å². The summed E-state index contributed by atoms with van der Waals surface area (Å²) in [4.78, 5) is 0. The highest BCUT2D eigenvalue weighted by atomic mass is 35.5. The molecule has 0 aliphatic carbocycles. The maximum atomic E-state index is 7.66. The molecule has 106 valence electrons. The SMILES string of the molecule is Cc1cc(Cl)cc(C)c1Oc1c(C(=N)N)c(C)nn1C. The van der Waals surface area contributed by atoms with Crippen molar-refractivity contribution in [1.29, 1.82) is 5.41 Å². The van der Waals surface area contributed by atoms with Gasteiger partial charge < -0.3 is 10.5 Å². The second-order valence-electron chi connectivity index (χ2n) is 4.77. The Morgan fingerprint density at radius 3 is 2.35 bits per heavy atom. The van der Waals surface area contributed by atoms with E-state index in [0.29, 0.717) is 27.9 Å². The highest BCUT2D eigenvalue weighted by molar-refractivity contribution is 6.30. The molecule has 0 aliphatic heterocycles. The van der Waals surface area contributed by atoms with Crippen molar-refractivity contribution in [3.05, 3.63) is 39.5 Å². The van der Waals surface area contributed by atoms with Crippen LogP contribution < -0.4 is 10.5 Å². The van der Waals surface area contributed by atoms with Crippen LogP contribution in [0.3, 0.4) is 0 Å². The molecule has 5 nitrogen and oxygen atoms in total. The van der Waals surface area contributed by atoms with E-state index in [1.165, 1.54) is 0 Å². The summed E-state index contributed by atoms with van der Waals surface area (Å²) < 4.78 is 7.54. The van der Waals surface area contributed by atoms with E-state index >= 15 is 0 Å². The number of rotatable bonds is 3. The third-order valence-corrected chi connectivity index (χ3v) is 3.28. The third-order valence-electron chi connectivity index (χ3n) is 3.06. The van der Waals surface area contributed by atoms with Gasteiger partial charge in [0.05, 0.1) is 5.69 Å². The van der Waals surface area contributed by atoms with Gasteiger partial charge in [0.2, 0.25) is 5.88 Å². The van der Waals surface area contributed by atoms with Gasteiger partial charge in [0.1, 0.15) is 17.1 Å². The van der Waals surface area contributed by atoms with Gasteiger partial charge in [-0.3, -0.25) is 5.41 Å². The van der Waals surface area contributed by atoms with Crippen molar-refractivity contribution >= 4 is 17.4 Å². The van der Waals surface area contributed by atoms with E-state index in [-0.39, 0.29) is 5.84 Å². The predicted molar refractivity (Wildman–Crippen MR) is 80.0 cm³/mol. The Hall–Kier alpha value is -2.01. The van der Waals surface area contributed by atoms with Crippen LogP contribution in [0.5, 0.6) is 11.6 Å². The highest BCUT2D eigenvalue weighted by Crippen LogP contribution is 2.33. The van der Waals surface area contributed by atoms with Gasteiger partial charge in [-0.15, -0.1) is 0 Å². The number of hydrogen-bond acceptors (Lipinski definition) is 3. The summed E-state index contributed by atoms with van der Waals surface area (Å²) in [7, 11) is 1.76. The molecular weight excluding hydrogens is 276 g/mol. The van der Waals surface area contributed by atoms with Gasteiger partial charge in [-0.1, -0.05) is 11.6 Å². The molecule has 1 heterocycles. The zero-order valence-electron chi connectivity index (χ0n) is 11.9. The molecule has 3 N–H and O–H groups in total. The first-order valence-electron chi connectivity index (χ1n) is 6.14. The molecule has 2 rings (SSSR count). The fourth-order valence-electron chi connectivity index (χ4n) is 2.22. The van der Waals surface area contributed by atoms with Crippen molar-refractivity contribution in [2.24, 2.45) is 12.8 Å². The minimum atomic E-state index is -0.0603. The second-order valence-corrected chi connectivity index (χ2v) is 5.21. The predicted octanol–water partition coefficient (Wildman–Crippen LogP) is 3.08. The van der Waals surface area contributed by atoms with E-state index < -0.39 is 0 Å². The van der Waals surface area contributed by atoms with Gasteiger partial charge in [-0.25, -0.2) is 4.68 Å². The Balaban J connectivity index is 2.54. The number of nitrogen functional groups attached to an aromatic ring is 1. The maximum absolute atomic E-state index is 7.66. The lowest BCUT2D eigenvalue weighted by molar-refractivity contribution is 0.424. The van der Waals surface area contributed by atoms with Crippen LogP contribution in [0.25, 0.3) is 0 Å². The van der Waals surface area contributed by atoms with Gasteiger partial charge in [-0.2, -0.15) is 5.10 Å². The number of halogens is 1. The average molecular weight is 293 g/mol. The minimum Gasteiger partial charge on any atom is -0.438 e.